The maximum atomic E-state index is 14.3. The quantitative estimate of drug-likeness (QED) is 0.494. The van der Waals surface area contributed by atoms with Gasteiger partial charge in [0.25, 0.3) is 11.8 Å². The summed E-state index contributed by atoms with van der Waals surface area (Å²) in [5, 5.41) is 1.65. The van der Waals surface area contributed by atoms with Gasteiger partial charge in [0.1, 0.15) is 29.3 Å². The molecule has 3 aromatic rings. The van der Waals surface area contributed by atoms with Crippen LogP contribution in [0.25, 0.3) is 10.8 Å². The number of halogens is 1. The highest BCUT2D eigenvalue weighted by Gasteiger charge is 2.48. The van der Waals surface area contributed by atoms with Crippen LogP contribution in [0.1, 0.15) is 34.6 Å². The smallest absolute Gasteiger partial charge is 0.326 e. The number of rotatable bonds is 5. The third-order valence-corrected chi connectivity index (χ3v) is 5.75. The van der Waals surface area contributed by atoms with E-state index in [0.29, 0.717) is 11.4 Å². The molecule has 2 heterocycles. The molecule has 0 radical (unpaired) electrons. The number of nitrogens with zero attached hydrogens (tertiary/aromatic N) is 3. The number of aromatic nitrogens is 1. The van der Waals surface area contributed by atoms with Crippen molar-refractivity contribution in [3.05, 3.63) is 60.7 Å². The minimum atomic E-state index is -1.38. The zero-order valence-corrected chi connectivity index (χ0v) is 20.9. The monoisotopic (exact) mass is 493 g/mol. The standard InChI is InChI=1S/C27H28FN3O5/c1-26(2,3)36-24(33)15-30-21-13-18(28)9-10-20(21)31(27(4,5)25(30)34)23(32)16-35-22-8-6-7-17-14-29-12-11-19(17)22/h6-14H,15-16H2,1-5H3. The molecular formula is C27H28FN3O5. The molecule has 0 saturated carbocycles. The summed E-state index contributed by atoms with van der Waals surface area (Å²) in [6.45, 7) is 7.52. The van der Waals surface area contributed by atoms with Gasteiger partial charge in [0, 0.05) is 23.2 Å². The number of pyridine rings is 1. The molecule has 2 amide bonds. The first-order valence-electron chi connectivity index (χ1n) is 11.5. The van der Waals surface area contributed by atoms with Crippen molar-refractivity contribution >= 4 is 39.9 Å². The van der Waals surface area contributed by atoms with Crippen LogP contribution < -0.4 is 14.5 Å². The lowest BCUT2D eigenvalue weighted by Gasteiger charge is -2.46. The molecule has 4 rings (SSSR count). The summed E-state index contributed by atoms with van der Waals surface area (Å²) in [5.41, 5.74) is -1.74. The lowest BCUT2D eigenvalue weighted by atomic mass is 9.94. The zero-order valence-electron chi connectivity index (χ0n) is 20.9. The maximum Gasteiger partial charge on any atom is 0.326 e. The summed E-state index contributed by atoms with van der Waals surface area (Å²) in [6.07, 6.45) is 3.33. The Balaban J connectivity index is 1.65. The van der Waals surface area contributed by atoms with Crippen LogP contribution in [-0.2, 0) is 19.1 Å². The molecule has 0 bridgehead atoms. The molecule has 0 saturated heterocycles. The van der Waals surface area contributed by atoms with Gasteiger partial charge in [-0.1, -0.05) is 12.1 Å². The molecular weight excluding hydrogens is 465 g/mol. The lowest BCUT2D eigenvalue weighted by molar-refractivity contribution is -0.153. The molecule has 0 unspecified atom stereocenters. The van der Waals surface area contributed by atoms with E-state index in [1.54, 1.807) is 65.2 Å². The second-order valence-electron chi connectivity index (χ2n) is 10.0. The van der Waals surface area contributed by atoms with Gasteiger partial charge in [0.15, 0.2) is 6.61 Å². The molecule has 188 valence electrons. The zero-order chi connectivity index (χ0) is 26.3. The Morgan fingerprint density at radius 1 is 1.08 bits per heavy atom. The lowest BCUT2D eigenvalue weighted by Crippen LogP contribution is -2.63. The van der Waals surface area contributed by atoms with Crippen molar-refractivity contribution in [3.63, 3.8) is 0 Å². The maximum absolute atomic E-state index is 14.3. The Morgan fingerprint density at radius 3 is 2.56 bits per heavy atom. The summed E-state index contributed by atoms with van der Waals surface area (Å²) >= 11 is 0. The van der Waals surface area contributed by atoms with Crippen molar-refractivity contribution in [1.82, 2.24) is 4.98 Å². The summed E-state index contributed by atoms with van der Waals surface area (Å²) in [4.78, 5) is 46.1. The van der Waals surface area contributed by atoms with E-state index in [1.807, 2.05) is 6.07 Å². The average Bonchev–Trinajstić information content (AvgIpc) is 2.80. The van der Waals surface area contributed by atoms with Crippen molar-refractivity contribution in [2.24, 2.45) is 0 Å². The van der Waals surface area contributed by atoms with Crippen LogP contribution in [0, 0.1) is 5.82 Å². The van der Waals surface area contributed by atoms with E-state index in [4.69, 9.17) is 9.47 Å². The number of ether oxygens (including phenoxy) is 2. The Kier molecular flexibility index (Phi) is 6.43. The van der Waals surface area contributed by atoms with Crippen LogP contribution in [0.15, 0.2) is 54.9 Å². The SMILES string of the molecule is CC(C)(C)OC(=O)CN1C(=O)C(C)(C)N(C(=O)COc2cccc3cnccc23)c2ccc(F)cc21. The van der Waals surface area contributed by atoms with Crippen LogP contribution >= 0.6 is 0 Å². The van der Waals surface area contributed by atoms with Gasteiger partial charge in [0.05, 0.1) is 11.4 Å². The van der Waals surface area contributed by atoms with Crippen LogP contribution in [0.3, 0.4) is 0 Å². The van der Waals surface area contributed by atoms with Gasteiger partial charge < -0.3 is 9.47 Å². The van der Waals surface area contributed by atoms with Crippen LogP contribution in [0.2, 0.25) is 0 Å². The Hall–Kier alpha value is -4.01. The van der Waals surface area contributed by atoms with Crippen molar-refractivity contribution in [2.45, 2.75) is 45.8 Å². The molecule has 2 aromatic carbocycles. The summed E-state index contributed by atoms with van der Waals surface area (Å²) < 4.78 is 25.5. The first-order chi connectivity index (χ1) is 16.9. The number of benzene rings is 2. The van der Waals surface area contributed by atoms with E-state index in [1.165, 1.54) is 17.0 Å². The molecule has 8 nitrogen and oxygen atoms in total. The predicted molar refractivity (Wildman–Crippen MR) is 133 cm³/mol. The molecule has 0 N–H and O–H groups in total. The number of hydrogen-bond acceptors (Lipinski definition) is 6. The third kappa shape index (κ3) is 4.86. The fraction of sp³-hybridized carbons (Fsp3) is 0.333. The Morgan fingerprint density at radius 2 is 1.83 bits per heavy atom. The van der Waals surface area contributed by atoms with Crippen molar-refractivity contribution in [2.75, 3.05) is 23.0 Å². The Bertz CT molecular complexity index is 1340. The van der Waals surface area contributed by atoms with E-state index in [0.717, 1.165) is 21.7 Å². The second kappa shape index (κ2) is 9.22. The van der Waals surface area contributed by atoms with Crippen molar-refractivity contribution in [1.29, 1.82) is 0 Å². The summed E-state index contributed by atoms with van der Waals surface area (Å²) in [5.74, 6) is -1.80. The van der Waals surface area contributed by atoms with E-state index in [-0.39, 0.29) is 12.3 Å². The van der Waals surface area contributed by atoms with Gasteiger partial charge in [0.2, 0.25) is 0 Å². The highest BCUT2D eigenvalue weighted by atomic mass is 19.1. The fourth-order valence-corrected chi connectivity index (χ4v) is 4.27. The number of carbonyl (C=O) groups excluding carboxylic acids is 3. The second-order valence-corrected chi connectivity index (χ2v) is 10.0. The van der Waals surface area contributed by atoms with Gasteiger partial charge >= 0.3 is 5.97 Å². The van der Waals surface area contributed by atoms with Gasteiger partial charge in [-0.25, -0.2) is 4.39 Å². The fourth-order valence-electron chi connectivity index (χ4n) is 4.27. The van der Waals surface area contributed by atoms with E-state index in [2.05, 4.69) is 4.98 Å². The molecule has 36 heavy (non-hydrogen) atoms. The highest BCUT2D eigenvalue weighted by molar-refractivity contribution is 6.16. The topological polar surface area (TPSA) is 89.0 Å². The number of amides is 2. The molecule has 0 atom stereocenters. The first-order valence-corrected chi connectivity index (χ1v) is 11.5. The normalized spacial score (nSPS) is 15.0. The number of hydrogen-bond donors (Lipinski definition) is 0. The summed E-state index contributed by atoms with van der Waals surface area (Å²) in [6, 6.07) is 11.0. The van der Waals surface area contributed by atoms with E-state index >= 15 is 0 Å². The number of anilines is 2. The number of esters is 1. The van der Waals surface area contributed by atoms with Gasteiger partial charge in [-0.15, -0.1) is 0 Å². The van der Waals surface area contributed by atoms with Crippen molar-refractivity contribution in [3.8, 4) is 5.75 Å². The van der Waals surface area contributed by atoms with Gasteiger partial charge in [-0.05, 0) is 65.0 Å². The molecule has 9 heteroatoms. The minimum absolute atomic E-state index is 0.106. The molecule has 0 aliphatic carbocycles. The molecule has 0 fully saturated rings. The van der Waals surface area contributed by atoms with E-state index in [9.17, 15) is 18.8 Å². The van der Waals surface area contributed by atoms with Crippen LogP contribution in [-0.4, -0.2) is 47.1 Å². The number of carbonyl (C=O) groups is 3. The molecule has 1 aliphatic rings. The van der Waals surface area contributed by atoms with Crippen LogP contribution in [0.5, 0.6) is 5.75 Å². The predicted octanol–water partition coefficient (Wildman–Crippen LogP) is 4.25. The number of fused-ring (bicyclic) bond motifs is 2. The first kappa shape index (κ1) is 25.1. The van der Waals surface area contributed by atoms with Crippen molar-refractivity contribution < 1.29 is 28.2 Å². The van der Waals surface area contributed by atoms with Crippen LogP contribution in [0.4, 0.5) is 15.8 Å². The average molecular weight is 494 g/mol. The highest BCUT2D eigenvalue weighted by Crippen LogP contribution is 2.41. The van der Waals surface area contributed by atoms with Gasteiger partial charge in [-0.2, -0.15) is 0 Å². The molecule has 1 aliphatic heterocycles. The largest absolute Gasteiger partial charge is 0.483 e. The Labute approximate surface area is 208 Å². The molecule has 1 aromatic heterocycles. The molecule has 0 spiro atoms. The minimum Gasteiger partial charge on any atom is -0.483 e. The van der Waals surface area contributed by atoms with E-state index < -0.39 is 41.3 Å². The summed E-state index contributed by atoms with van der Waals surface area (Å²) in [7, 11) is 0. The third-order valence-electron chi connectivity index (χ3n) is 5.75. The van der Waals surface area contributed by atoms with Gasteiger partial charge in [-0.3, -0.25) is 29.2 Å².